The number of rotatable bonds is 7. The standard InChI is InChI=1S/C31H45N3O/c1-3-19-33-20-18-28-16-17-29(22-33)34(28)30(26-9-7-8-23(2)21-26)24-12-14-25(15-13-24)31(35)32-27-10-5-4-6-11-27/h3,8,12-14,21,25,27-30H,1,4-7,9-11,15-20,22H2,2H3,(H,32,35). The molecule has 1 N–H and O–H groups in total. The molecule has 0 spiro atoms. The third-order valence-corrected chi connectivity index (χ3v) is 9.01. The number of carbonyl (C=O) groups excluding carboxylic acids is 1. The molecule has 4 nitrogen and oxygen atoms in total. The maximum Gasteiger partial charge on any atom is 0.227 e. The average molecular weight is 476 g/mol. The molecule has 0 aromatic carbocycles. The predicted molar refractivity (Wildman–Crippen MR) is 145 cm³/mol. The fourth-order valence-electron chi connectivity index (χ4n) is 7.22. The van der Waals surface area contributed by atoms with E-state index < -0.39 is 0 Å². The van der Waals surface area contributed by atoms with Gasteiger partial charge in [-0.25, -0.2) is 0 Å². The molecule has 4 atom stereocenters. The number of fused-ring (bicyclic) bond motifs is 2. The topological polar surface area (TPSA) is 35.6 Å². The lowest BCUT2D eigenvalue weighted by Crippen LogP contribution is -2.48. The predicted octanol–water partition coefficient (Wildman–Crippen LogP) is 5.70. The summed E-state index contributed by atoms with van der Waals surface area (Å²) in [6.45, 7) is 9.55. The molecule has 190 valence electrons. The molecule has 1 amide bonds. The second-order valence-electron chi connectivity index (χ2n) is 11.5. The maximum absolute atomic E-state index is 13.0. The van der Waals surface area contributed by atoms with Crippen LogP contribution in [0.2, 0.25) is 0 Å². The summed E-state index contributed by atoms with van der Waals surface area (Å²) in [5.74, 6) is 0.206. The molecule has 1 saturated carbocycles. The van der Waals surface area contributed by atoms with Gasteiger partial charge in [0.2, 0.25) is 5.91 Å². The average Bonchev–Trinajstić information content (AvgIpc) is 3.16. The molecule has 0 radical (unpaired) electrons. The summed E-state index contributed by atoms with van der Waals surface area (Å²) in [6, 6.07) is 1.98. The lowest BCUT2D eigenvalue weighted by Gasteiger charge is -2.40. The maximum atomic E-state index is 13.0. The van der Waals surface area contributed by atoms with Gasteiger partial charge in [-0.15, -0.1) is 6.58 Å². The minimum atomic E-state index is -0.0211. The molecule has 2 saturated heterocycles. The lowest BCUT2D eigenvalue weighted by molar-refractivity contribution is -0.124. The molecule has 35 heavy (non-hydrogen) atoms. The second kappa shape index (κ2) is 11.4. The van der Waals surface area contributed by atoms with Crippen LogP contribution in [0, 0.1) is 5.92 Å². The van der Waals surface area contributed by atoms with Crippen molar-refractivity contribution in [1.82, 2.24) is 15.1 Å². The molecule has 3 aliphatic carbocycles. The van der Waals surface area contributed by atoms with Crippen LogP contribution in [0.4, 0.5) is 0 Å². The van der Waals surface area contributed by atoms with Gasteiger partial charge < -0.3 is 5.32 Å². The highest BCUT2D eigenvalue weighted by atomic mass is 16.1. The van der Waals surface area contributed by atoms with Crippen molar-refractivity contribution in [2.24, 2.45) is 5.92 Å². The number of allylic oxidation sites excluding steroid dienone is 4. The van der Waals surface area contributed by atoms with Crippen LogP contribution in [0.5, 0.6) is 0 Å². The van der Waals surface area contributed by atoms with Gasteiger partial charge >= 0.3 is 0 Å². The van der Waals surface area contributed by atoms with E-state index in [1.54, 1.807) is 5.57 Å². The normalized spacial score (nSPS) is 31.2. The molecule has 5 aliphatic rings. The van der Waals surface area contributed by atoms with Gasteiger partial charge in [-0.3, -0.25) is 14.6 Å². The molecule has 2 heterocycles. The van der Waals surface area contributed by atoms with E-state index in [4.69, 9.17) is 0 Å². The summed E-state index contributed by atoms with van der Waals surface area (Å²) in [7, 11) is 0. The fourth-order valence-corrected chi connectivity index (χ4v) is 7.22. The highest BCUT2D eigenvalue weighted by molar-refractivity contribution is 5.81. The Morgan fingerprint density at radius 2 is 1.97 bits per heavy atom. The first kappa shape index (κ1) is 24.8. The lowest BCUT2D eigenvalue weighted by atomic mass is 9.84. The summed E-state index contributed by atoms with van der Waals surface area (Å²) in [5.41, 5.74) is 4.39. The van der Waals surface area contributed by atoms with Crippen molar-refractivity contribution in [3.8, 4) is 0 Å². The first-order valence-electron chi connectivity index (χ1n) is 14.3. The van der Waals surface area contributed by atoms with Crippen molar-refractivity contribution in [2.75, 3.05) is 19.6 Å². The van der Waals surface area contributed by atoms with Crippen molar-refractivity contribution in [2.45, 2.75) is 102 Å². The smallest absolute Gasteiger partial charge is 0.227 e. The Bertz CT molecular complexity index is 906. The minimum absolute atomic E-state index is 0.0211. The Morgan fingerprint density at radius 3 is 2.71 bits per heavy atom. The van der Waals surface area contributed by atoms with Crippen LogP contribution in [-0.2, 0) is 4.79 Å². The van der Waals surface area contributed by atoms with Crippen molar-refractivity contribution < 1.29 is 4.79 Å². The van der Waals surface area contributed by atoms with Gasteiger partial charge in [-0.05, 0) is 69.4 Å². The Labute approximate surface area is 212 Å². The number of likely N-dealkylation sites (tertiary alicyclic amines) is 1. The molecule has 4 heteroatoms. The molecular weight excluding hydrogens is 430 g/mol. The second-order valence-corrected chi connectivity index (χ2v) is 11.5. The molecule has 4 unspecified atom stereocenters. The van der Waals surface area contributed by atoms with E-state index in [1.807, 2.05) is 0 Å². The van der Waals surface area contributed by atoms with E-state index >= 15 is 0 Å². The third-order valence-electron chi connectivity index (χ3n) is 9.01. The first-order valence-corrected chi connectivity index (χ1v) is 14.3. The quantitative estimate of drug-likeness (QED) is 0.480. The summed E-state index contributed by atoms with van der Waals surface area (Å²) in [6.07, 6.45) is 26.9. The largest absolute Gasteiger partial charge is 0.353 e. The SMILES string of the molecule is C=CCN1CCC2CCC(C1)N2C(C1=CCC(C(=O)NC2CCCCC2)C=C1)C1=CC(C)=CCC1. The van der Waals surface area contributed by atoms with E-state index in [1.165, 1.54) is 56.2 Å². The van der Waals surface area contributed by atoms with Gasteiger partial charge in [-0.2, -0.15) is 0 Å². The van der Waals surface area contributed by atoms with Gasteiger partial charge in [0.25, 0.3) is 0 Å². The number of carbonyl (C=O) groups is 1. The van der Waals surface area contributed by atoms with Crippen LogP contribution in [-0.4, -0.2) is 59.5 Å². The van der Waals surface area contributed by atoms with Crippen molar-refractivity contribution in [3.05, 3.63) is 59.8 Å². The number of hydrogen-bond donors (Lipinski definition) is 1. The van der Waals surface area contributed by atoms with Crippen LogP contribution in [0.3, 0.4) is 0 Å². The van der Waals surface area contributed by atoms with Crippen LogP contribution in [0.25, 0.3) is 0 Å². The Hall–Kier alpha value is -1.91. The number of amides is 1. The van der Waals surface area contributed by atoms with Crippen LogP contribution >= 0.6 is 0 Å². The van der Waals surface area contributed by atoms with E-state index in [-0.39, 0.29) is 11.8 Å². The fraction of sp³-hybridized carbons (Fsp3) is 0.645. The van der Waals surface area contributed by atoms with Crippen LogP contribution < -0.4 is 5.32 Å². The van der Waals surface area contributed by atoms with Crippen molar-refractivity contribution >= 4 is 5.91 Å². The van der Waals surface area contributed by atoms with Gasteiger partial charge in [0.15, 0.2) is 0 Å². The monoisotopic (exact) mass is 475 g/mol. The van der Waals surface area contributed by atoms with Gasteiger partial charge in [-0.1, -0.05) is 61.3 Å². The van der Waals surface area contributed by atoms with Crippen LogP contribution in [0.1, 0.15) is 77.6 Å². The van der Waals surface area contributed by atoms with Gasteiger partial charge in [0.1, 0.15) is 0 Å². The Morgan fingerprint density at radius 1 is 1.14 bits per heavy atom. The summed E-state index contributed by atoms with van der Waals surface area (Å²) >= 11 is 0. The number of hydrogen-bond acceptors (Lipinski definition) is 3. The number of nitrogens with one attached hydrogen (secondary N) is 1. The molecular formula is C31H45N3O. The molecule has 2 bridgehead atoms. The van der Waals surface area contributed by atoms with E-state index in [9.17, 15) is 4.79 Å². The molecule has 3 fully saturated rings. The van der Waals surface area contributed by atoms with Crippen LogP contribution in [0.15, 0.2) is 59.8 Å². The number of nitrogens with zero attached hydrogens (tertiary/aromatic N) is 2. The zero-order valence-corrected chi connectivity index (χ0v) is 21.8. The Balaban J connectivity index is 1.35. The molecule has 0 aromatic rings. The van der Waals surface area contributed by atoms with E-state index in [0.29, 0.717) is 24.2 Å². The molecule has 0 aromatic heterocycles. The Kier molecular flexibility index (Phi) is 8.09. The minimum Gasteiger partial charge on any atom is -0.353 e. The zero-order chi connectivity index (χ0) is 24.2. The highest BCUT2D eigenvalue weighted by Gasteiger charge is 2.43. The summed E-state index contributed by atoms with van der Waals surface area (Å²) < 4.78 is 0. The summed E-state index contributed by atoms with van der Waals surface area (Å²) in [4.78, 5) is 18.5. The molecule has 2 aliphatic heterocycles. The first-order chi connectivity index (χ1) is 17.1. The molecule has 5 rings (SSSR count). The van der Waals surface area contributed by atoms with E-state index in [0.717, 1.165) is 45.2 Å². The third kappa shape index (κ3) is 5.75. The zero-order valence-electron chi connectivity index (χ0n) is 21.8. The van der Waals surface area contributed by atoms with Gasteiger partial charge in [0, 0.05) is 37.8 Å². The summed E-state index contributed by atoms with van der Waals surface area (Å²) in [5, 5.41) is 3.35. The van der Waals surface area contributed by atoms with Crippen molar-refractivity contribution in [1.29, 1.82) is 0 Å². The van der Waals surface area contributed by atoms with Crippen molar-refractivity contribution in [3.63, 3.8) is 0 Å². The highest BCUT2D eigenvalue weighted by Crippen LogP contribution is 2.40. The van der Waals surface area contributed by atoms with E-state index in [2.05, 4.69) is 65.1 Å². The van der Waals surface area contributed by atoms with Gasteiger partial charge in [0.05, 0.1) is 12.0 Å².